The van der Waals surface area contributed by atoms with Crippen LogP contribution in [0.25, 0.3) is 0 Å². The molecule has 0 amide bonds. The van der Waals surface area contributed by atoms with Crippen LogP contribution >= 0.6 is 11.3 Å². The summed E-state index contributed by atoms with van der Waals surface area (Å²) in [6, 6.07) is 2.96. The number of thiophene rings is 1. The molecule has 2 N–H and O–H groups in total. The molecule has 8 heteroatoms. The molecule has 0 atom stereocenters. The molecule has 0 aromatic carbocycles. The van der Waals surface area contributed by atoms with E-state index in [1.807, 2.05) is 0 Å². The van der Waals surface area contributed by atoms with Crippen molar-refractivity contribution in [3.05, 3.63) is 17.0 Å². The third-order valence-electron chi connectivity index (χ3n) is 2.29. The van der Waals surface area contributed by atoms with E-state index in [1.54, 1.807) is 7.11 Å². The van der Waals surface area contributed by atoms with Crippen LogP contribution in [0.4, 0.5) is 0 Å². The second kappa shape index (κ2) is 7.59. The van der Waals surface area contributed by atoms with Crippen molar-refractivity contribution in [2.45, 2.75) is 23.5 Å². The van der Waals surface area contributed by atoms with Gasteiger partial charge in [0.15, 0.2) is 0 Å². The summed E-state index contributed by atoms with van der Waals surface area (Å²) in [6.45, 7) is 0.946. The molecule has 1 aromatic rings. The highest BCUT2D eigenvalue weighted by molar-refractivity contribution is 7.91. The van der Waals surface area contributed by atoms with E-state index in [0.717, 1.165) is 17.8 Å². The number of carboxylic acid groups (broad SMARTS) is 1. The molecule has 0 aliphatic rings. The van der Waals surface area contributed by atoms with Gasteiger partial charge in [0.05, 0.1) is 6.42 Å². The van der Waals surface area contributed by atoms with Crippen LogP contribution in [0.1, 0.15) is 17.7 Å². The molecular formula is C11H17NO5S2. The van der Waals surface area contributed by atoms with E-state index in [4.69, 9.17) is 9.84 Å². The number of methoxy groups -OCH3 is 1. The maximum atomic E-state index is 11.9. The summed E-state index contributed by atoms with van der Waals surface area (Å²) in [7, 11) is -1.93. The largest absolute Gasteiger partial charge is 0.481 e. The van der Waals surface area contributed by atoms with Crippen LogP contribution in [0.3, 0.4) is 0 Å². The van der Waals surface area contributed by atoms with Gasteiger partial charge in [-0.1, -0.05) is 0 Å². The van der Waals surface area contributed by atoms with Gasteiger partial charge in [-0.2, -0.15) is 0 Å². The Morgan fingerprint density at radius 1 is 1.42 bits per heavy atom. The Kier molecular flexibility index (Phi) is 6.43. The molecule has 0 fully saturated rings. The Morgan fingerprint density at radius 3 is 2.79 bits per heavy atom. The summed E-state index contributed by atoms with van der Waals surface area (Å²) < 4.78 is 31.3. The Hall–Kier alpha value is -0.960. The van der Waals surface area contributed by atoms with Gasteiger partial charge in [-0.25, -0.2) is 13.1 Å². The summed E-state index contributed by atoms with van der Waals surface area (Å²) >= 11 is 0.980. The molecule has 1 heterocycles. The first-order valence-electron chi connectivity index (χ1n) is 5.75. The van der Waals surface area contributed by atoms with Crippen molar-refractivity contribution in [1.82, 2.24) is 4.72 Å². The van der Waals surface area contributed by atoms with E-state index in [9.17, 15) is 13.2 Å². The van der Waals surface area contributed by atoms with Gasteiger partial charge in [0.2, 0.25) is 10.0 Å². The fourth-order valence-electron chi connectivity index (χ4n) is 1.40. The highest BCUT2D eigenvalue weighted by Gasteiger charge is 2.16. The van der Waals surface area contributed by atoms with Crippen molar-refractivity contribution in [2.75, 3.05) is 20.3 Å². The van der Waals surface area contributed by atoms with Crippen LogP contribution in [-0.4, -0.2) is 39.8 Å². The fourth-order valence-corrected chi connectivity index (χ4v) is 3.86. The lowest BCUT2D eigenvalue weighted by atomic mass is 10.3. The van der Waals surface area contributed by atoms with Crippen molar-refractivity contribution >= 4 is 27.3 Å². The van der Waals surface area contributed by atoms with Gasteiger partial charge in [-0.15, -0.1) is 11.3 Å². The van der Waals surface area contributed by atoms with Crippen molar-refractivity contribution in [3.8, 4) is 0 Å². The number of hydrogen-bond donors (Lipinski definition) is 2. The van der Waals surface area contributed by atoms with Gasteiger partial charge in [-0.05, 0) is 25.0 Å². The standard InChI is InChI=1S/C11H17NO5S2/c1-17-7-3-2-6-12-19(15,16)11-5-4-9(18-11)8-10(13)14/h4-5,12H,2-3,6-8H2,1H3,(H,13,14). The molecule has 0 unspecified atom stereocenters. The number of sulfonamides is 1. The van der Waals surface area contributed by atoms with Crippen LogP contribution in [0.5, 0.6) is 0 Å². The van der Waals surface area contributed by atoms with Crippen molar-refractivity contribution < 1.29 is 23.1 Å². The normalized spacial score (nSPS) is 11.6. The molecule has 1 aromatic heterocycles. The van der Waals surface area contributed by atoms with Crippen LogP contribution in [-0.2, 0) is 26.0 Å². The number of carboxylic acids is 1. The van der Waals surface area contributed by atoms with Gasteiger partial charge in [0, 0.05) is 25.1 Å². The second-order valence-electron chi connectivity index (χ2n) is 3.89. The molecule has 108 valence electrons. The third kappa shape index (κ3) is 5.68. The quantitative estimate of drug-likeness (QED) is 0.666. The summed E-state index contributed by atoms with van der Waals surface area (Å²) in [6.07, 6.45) is 1.32. The molecule has 0 aliphatic heterocycles. The first-order chi connectivity index (χ1) is 8.95. The van der Waals surface area contributed by atoms with E-state index >= 15 is 0 Å². The van der Waals surface area contributed by atoms with Gasteiger partial charge in [0.25, 0.3) is 0 Å². The number of aliphatic carboxylic acids is 1. The van der Waals surface area contributed by atoms with E-state index < -0.39 is 16.0 Å². The molecule has 6 nitrogen and oxygen atoms in total. The van der Waals surface area contributed by atoms with E-state index in [2.05, 4.69) is 4.72 Å². The highest BCUT2D eigenvalue weighted by atomic mass is 32.2. The van der Waals surface area contributed by atoms with Gasteiger partial charge >= 0.3 is 5.97 Å². The van der Waals surface area contributed by atoms with Crippen LogP contribution in [0, 0.1) is 0 Å². The number of unbranched alkanes of at least 4 members (excludes halogenated alkanes) is 1. The zero-order valence-corrected chi connectivity index (χ0v) is 12.2. The Balaban J connectivity index is 2.52. The lowest BCUT2D eigenvalue weighted by Gasteiger charge is -2.04. The van der Waals surface area contributed by atoms with E-state index in [0.29, 0.717) is 24.4 Å². The molecule has 1 rings (SSSR count). The number of hydrogen-bond acceptors (Lipinski definition) is 5. The summed E-state index contributed by atoms with van der Waals surface area (Å²) in [5, 5.41) is 8.63. The minimum atomic E-state index is -3.53. The van der Waals surface area contributed by atoms with E-state index in [-0.39, 0.29) is 10.6 Å². The summed E-state index contributed by atoms with van der Waals surface area (Å²) in [4.78, 5) is 11.1. The maximum Gasteiger partial charge on any atom is 0.308 e. The lowest BCUT2D eigenvalue weighted by molar-refractivity contribution is -0.136. The Bertz CT molecular complexity index is 509. The molecule has 0 saturated carbocycles. The number of carbonyl (C=O) groups is 1. The first-order valence-corrected chi connectivity index (χ1v) is 8.05. The average Bonchev–Trinajstić information content (AvgIpc) is 2.77. The van der Waals surface area contributed by atoms with Gasteiger partial charge < -0.3 is 9.84 Å². The predicted octanol–water partition coefficient (Wildman–Crippen LogP) is 1.08. The molecule has 0 saturated heterocycles. The van der Waals surface area contributed by atoms with Crippen molar-refractivity contribution in [3.63, 3.8) is 0 Å². The first kappa shape index (κ1) is 16.1. The SMILES string of the molecule is COCCCCNS(=O)(=O)c1ccc(CC(=O)O)s1. The van der Waals surface area contributed by atoms with Crippen LogP contribution in [0.15, 0.2) is 16.3 Å². The second-order valence-corrected chi connectivity index (χ2v) is 7.05. The Labute approximate surface area is 116 Å². The molecule has 0 radical (unpaired) electrons. The fraction of sp³-hybridized carbons (Fsp3) is 0.545. The van der Waals surface area contributed by atoms with Crippen LogP contribution in [0.2, 0.25) is 0 Å². The van der Waals surface area contributed by atoms with Crippen molar-refractivity contribution in [1.29, 1.82) is 0 Å². The molecule has 0 spiro atoms. The minimum absolute atomic E-state index is 0.149. The Morgan fingerprint density at radius 2 is 2.16 bits per heavy atom. The molecular weight excluding hydrogens is 290 g/mol. The molecule has 0 bridgehead atoms. The zero-order valence-electron chi connectivity index (χ0n) is 10.6. The van der Waals surface area contributed by atoms with Gasteiger partial charge in [-0.3, -0.25) is 4.79 Å². The number of ether oxygens (including phenoxy) is 1. The number of rotatable bonds is 9. The highest BCUT2D eigenvalue weighted by Crippen LogP contribution is 2.21. The predicted molar refractivity (Wildman–Crippen MR) is 72.0 cm³/mol. The summed E-state index contributed by atoms with van der Waals surface area (Å²) in [5.41, 5.74) is 0. The minimum Gasteiger partial charge on any atom is -0.481 e. The smallest absolute Gasteiger partial charge is 0.308 e. The number of nitrogens with one attached hydrogen (secondary N) is 1. The lowest BCUT2D eigenvalue weighted by Crippen LogP contribution is -2.24. The van der Waals surface area contributed by atoms with Gasteiger partial charge in [0.1, 0.15) is 4.21 Å². The zero-order chi connectivity index (χ0) is 14.3. The average molecular weight is 307 g/mol. The van der Waals surface area contributed by atoms with E-state index in [1.165, 1.54) is 12.1 Å². The molecule has 0 aliphatic carbocycles. The summed E-state index contributed by atoms with van der Waals surface area (Å²) in [5.74, 6) is -0.974. The molecule has 19 heavy (non-hydrogen) atoms. The maximum absolute atomic E-state index is 11.9. The third-order valence-corrected chi connectivity index (χ3v) is 5.33. The van der Waals surface area contributed by atoms with Crippen LogP contribution < -0.4 is 4.72 Å². The van der Waals surface area contributed by atoms with Crippen molar-refractivity contribution in [2.24, 2.45) is 0 Å². The topological polar surface area (TPSA) is 92.7 Å². The monoisotopic (exact) mass is 307 g/mol.